The lowest BCUT2D eigenvalue weighted by atomic mass is 10.0. The number of hydrogen-bond donors (Lipinski definition) is 2. The molecule has 5 heteroatoms. The highest BCUT2D eigenvalue weighted by Gasteiger charge is 2.10. The lowest BCUT2D eigenvalue weighted by Crippen LogP contribution is -2.13. The van der Waals surface area contributed by atoms with E-state index >= 15 is 0 Å². The molecule has 0 radical (unpaired) electrons. The minimum atomic E-state index is -0.979. The van der Waals surface area contributed by atoms with Crippen LogP contribution in [-0.4, -0.2) is 24.1 Å². The Labute approximate surface area is 112 Å². The van der Waals surface area contributed by atoms with Gasteiger partial charge >= 0.3 is 5.97 Å². The van der Waals surface area contributed by atoms with Gasteiger partial charge in [0.05, 0.1) is 13.5 Å². The summed E-state index contributed by atoms with van der Waals surface area (Å²) < 4.78 is 5.26. The Morgan fingerprint density at radius 2 is 2.00 bits per heavy atom. The fourth-order valence-corrected chi connectivity index (χ4v) is 1.71. The summed E-state index contributed by atoms with van der Waals surface area (Å²) in [6.45, 7) is 4.07. The van der Waals surface area contributed by atoms with Crippen LogP contribution in [0.3, 0.4) is 0 Å². The number of carbonyl (C=O) groups is 2. The number of carboxylic acids is 1. The van der Waals surface area contributed by atoms with E-state index in [1.165, 1.54) is 0 Å². The molecule has 0 unspecified atom stereocenters. The van der Waals surface area contributed by atoms with Crippen molar-refractivity contribution in [2.24, 2.45) is 0 Å². The van der Waals surface area contributed by atoms with Gasteiger partial charge in [0.2, 0.25) is 5.91 Å². The summed E-state index contributed by atoms with van der Waals surface area (Å²) in [4.78, 5) is 21.9. The van der Waals surface area contributed by atoms with Gasteiger partial charge in [0.25, 0.3) is 0 Å². The zero-order chi connectivity index (χ0) is 14.4. The number of carboxylic acid groups (broad SMARTS) is 1. The molecular weight excluding hydrogens is 246 g/mol. The van der Waals surface area contributed by atoms with E-state index in [1.807, 2.05) is 19.9 Å². The normalized spacial score (nSPS) is 10.3. The highest BCUT2D eigenvalue weighted by Crippen LogP contribution is 2.29. The van der Waals surface area contributed by atoms with E-state index < -0.39 is 5.97 Å². The van der Waals surface area contributed by atoms with Crippen molar-refractivity contribution in [3.63, 3.8) is 0 Å². The summed E-state index contributed by atoms with van der Waals surface area (Å²) in [6, 6.07) is 5.38. The van der Waals surface area contributed by atoms with Crippen LogP contribution < -0.4 is 10.1 Å². The van der Waals surface area contributed by atoms with E-state index in [-0.39, 0.29) is 24.7 Å². The van der Waals surface area contributed by atoms with Crippen LogP contribution in [0.1, 0.15) is 38.2 Å². The highest BCUT2D eigenvalue weighted by molar-refractivity contribution is 5.92. The molecule has 0 aliphatic rings. The van der Waals surface area contributed by atoms with Crippen molar-refractivity contribution < 1.29 is 19.4 Å². The van der Waals surface area contributed by atoms with Gasteiger partial charge in [-0.1, -0.05) is 13.8 Å². The summed E-state index contributed by atoms with van der Waals surface area (Å²) in [7, 11) is 1.60. The second kappa shape index (κ2) is 6.78. The predicted molar refractivity (Wildman–Crippen MR) is 72.6 cm³/mol. The molecule has 1 aromatic carbocycles. The fourth-order valence-electron chi connectivity index (χ4n) is 1.71. The minimum absolute atomic E-state index is 0.0294. The third-order valence-corrected chi connectivity index (χ3v) is 2.70. The molecule has 104 valence electrons. The number of anilines is 1. The maximum Gasteiger partial charge on any atom is 0.303 e. The highest BCUT2D eigenvalue weighted by atomic mass is 16.5. The van der Waals surface area contributed by atoms with Gasteiger partial charge in [0.15, 0.2) is 0 Å². The quantitative estimate of drug-likeness (QED) is 0.829. The summed E-state index contributed by atoms with van der Waals surface area (Å²) in [5, 5.41) is 11.2. The number of carbonyl (C=O) groups excluding carboxylic acids is 1. The molecule has 1 rings (SSSR count). The summed E-state index contributed by atoms with van der Waals surface area (Å²) in [6.07, 6.45) is -0.197. The second-order valence-corrected chi connectivity index (χ2v) is 4.55. The molecule has 0 atom stereocenters. The van der Waals surface area contributed by atoms with Gasteiger partial charge in [-0.25, -0.2) is 0 Å². The molecule has 5 nitrogen and oxygen atoms in total. The van der Waals surface area contributed by atoms with Crippen molar-refractivity contribution in [3.8, 4) is 5.75 Å². The van der Waals surface area contributed by atoms with Crippen molar-refractivity contribution in [2.75, 3.05) is 12.4 Å². The van der Waals surface area contributed by atoms with Gasteiger partial charge in [0, 0.05) is 12.1 Å². The molecule has 0 aromatic heterocycles. The number of rotatable bonds is 6. The number of benzene rings is 1. The first-order valence-electron chi connectivity index (χ1n) is 6.13. The maximum absolute atomic E-state index is 11.5. The zero-order valence-corrected chi connectivity index (χ0v) is 11.4. The molecule has 0 spiro atoms. The van der Waals surface area contributed by atoms with Gasteiger partial charge in [-0.3, -0.25) is 9.59 Å². The first kappa shape index (κ1) is 15.0. The molecule has 0 heterocycles. The topological polar surface area (TPSA) is 75.6 Å². The second-order valence-electron chi connectivity index (χ2n) is 4.55. The van der Waals surface area contributed by atoms with Crippen LogP contribution >= 0.6 is 0 Å². The number of hydrogen-bond acceptors (Lipinski definition) is 3. The first-order valence-corrected chi connectivity index (χ1v) is 6.13. The van der Waals surface area contributed by atoms with E-state index in [2.05, 4.69) is 5.32 Å². The monoisotopic (exact) mass is 265 g/mol. The molecule has 1 aromatic rings. The average Bonchev–Trinajstić information content (AvgIpc) is 2.36. The standard InChI is InChI=1S/C14H19NO4/c1-9(2)11-8-10(4-5-12(11)19-3)15-13(16)6-7-14(17)18/h4-5,8-9H,6-7H2,1-3H3,(H,15,16)(H,17,18). The smallest absolute Gasteiger partial charge is 0.303 e. The predicted octanol–water partition coefficient (Wildman–Crippen LogP) is 2.62. The summed E-state index contributed by atoms with van der Waals surface area (Å²) in [5.74, 6) is -0.237. The van der Waals surface area contributed by atoms with Crippen LogP contribution in [0.2, 0.25) is 0 Å². The Balaban J connectivity index is 2.76. The third kappa shape index (κ3) is 4.62. The number of amides is 1. The molecule has 0 saturated carbocycles. The van der Waals surface area contributed by atoms with E-state index in [0.717, 1.165) is 11.3 Å². The summed E-state index contributed by atoms with van der Waals surface area (Å²) >= 11 is 0. The molecule has 2 N–H and O–H groups in total. The van der Waals surface area contributed by atoms with E-state index in [1.54, 1.807) is 19.2 Å². The van der Waals surface area contributed by atoms with Crippen LogP contribution in [-0.2, 0) is 9.59 Å². The first-order chi connectivity index (χ1) is 8.93. The van der Waals surface area contributed by atoms with Crippen molar-refractivity contribution in [1.29, 1.82) is 0 Å². The zero-order valence-electron chi connectivity index (χ0n) is 11.4. The van der Waals surface area contributed by atoms with Crippen LogP contribution in [0.4, 0.5) is 5.69 Å². The number of aliphatic carboxylic acids is 1. The van der Waals surface area contributed by atoms with Crippen molar-refractivity contribution in [1.82, 2.24) is 0 Å². The lowest BCUT2D eigenvalue weighted by Gasteiger charge is -2.14. The van der Waals surface area contributed by atoms with Crippen LogP contribution in [0, 0.1) is 0 Å². The van der Waals surface area contributed by atoms with Gasteiger partial charge in [-0.15, -0.1) is 0 Å². The summed E-state index contributed by atoms with van der Waals surface area (Å²) in [5.41, 5.74) is 1.65. The Bertz CT molecular complexity index is 469. The fraction of sp³-hybridized carbons (Fsp3) is 0.429. The Hall–Kier alpha value is -2.04. The molecule has 0 saturated heterocycles. The van der Waals surface area contributed by atoms with Gasteiger partial charge < -0.3 is 15.2 Å². The van der Waals surface area contributed by atoms with E-state index in [9.17, 15) is 9.59 Å². The van der Waals surface area contributed by atoms with Crippen LogP contribution in [0.15, 0.2) is 18.2 Å². The lowest BCUT2D eigenvalue weighted by molar-refractivity contribution is -0.138. The van der Waals surface area contributed by atoms with Gasteiger partial charge in [-0.05, 0) is 29.7 Å². The number of nitrogens with one attached hydrogen (secondary N) is 1. The number of methoxy groups -OCH3 is 1. The largest absolute Gasteiger partial charge is 0.496 e. The molecule has 1 amide bonds. The van der Waals surface area contributed by atoms with Crippen LogP contribution in [0.25, 0.3) is 0 Å². The minimum Gasteiger partial charge on any atom is -0.496 e. The van der Waals surface area contributed by atoms with Gasteiger partial charge in [0.1, 0.15) is 5.75 Å². The average molecular weight is 265 g/mol. The Morgan fingerprint density at radius 1 is 1.32 bits per heavy atom. The van der Waals surface area contributed by atoms with Crippen molar-refractivity contribution >= 4 is 17.6 Å². The number of ether oxygens (including phenoxy) is 1. The SMILES string of the molecule is COc1ccc(NC(=O)CCC(=O)O)cc1C(C)C. The Kier molecular flexibility index (Phi) is 5.36. The van der Waals surface area contributed by atoms with Crippen LogP contribution in [0.5, 0.6) is 5.75 Å². The third-order valence-electron chi connectivity index (χ3n) is 2.70. The van der Waals surface area contributed by atoms with Crippen molar-refractivity contribution in [2.45, 2.75) is 32.6 Å². The van der Waals surface area contributed by atoms with E-state index in [4.69, 9.17) is 9.84 Å². The van der Waals surface area contributed by atoms with Gasteiger partial charge in [-0.2, -0.15) is 0 Å². The van der Waals surface area contributed by atoms with Crippen molar-refractivity contribution in [3.05, 3.63) is 23.8 Å². The molecular formula is C14H19NO4. The molecule has 0 aliphatic heterocycles. The molecule has 0 bridgehead atoms. The molecule has 0 aliphatic carbocycles. The van der Waals surface area contributed by atoms with E-state index in [0.29, 0.717) is 5.69 Å². The Morgan fingerprint density at radius 3 is 2.53 bits per heavy atom. The maximum atomic E-state index is 11.5. The molecule has 19 heavy (non-hydrogen) atoms. The molecule has 0 fully saturated rings.